The lowest BCUT2D eigenvalue weighted by atomic mass is 10.0. The normalized spacial score (nSPS) is 13.3. The molecule has 1 aliphatic rings. The molecule has 0 radical (unpaired) electrons. The minimum absolute atomic E-state index is 0.162. The largest absolute Gasteiger partial charge is 0.497 e. The fourth-order valence-electron chi connectivity index (χ4n) is 3.64. The molecule has 0 unspecified atom stereocenters. The van der Waals surface area contributed by atoms with Crippen LogP contribution in [0.5, 0.6) is 5.75 Å². The summed E-state index contributed by atoms with van der Waals surface area (Å²) in [6.45, 7) is 1.59. The van der Waals surface area contributed by atoms with E-state index in [0.717, 1.165) is 5.56 Å². The highest BCUT2D eigenvalue weighted by Gasteiger charge is 2.39. The van der Waals surface area contributed by atoms with Crippen LogP contribution in [-0.2, 0) is 20.9 Å². The zero-order chi connectivity index (χ0) is 23.4. The van der Waals surface area contributed by atoms with Gasteiger partial charge in [0, 0.05) is 24.4 Å². The molecule has 0 bridgehead atoms. The number of anilines is 2. The number of nitrogens with zero attached hydrogens (tertiary/aromatic N) is 1. The Morgan fingerprint density at radius 3 is 2.27 bits per heavy atom. The van der Waals surface area contributed by atoms with Gasteiger partial charge in [0.05, 0.1) is 19.2 Å². The van der Waals surface area contributed by atoms with E-state index in [1.165, 1.54) is 11.8 Å². The summed E-state index contributed by atoms with van der Waals surface area (Å²) in [5, 5.41) is 5.83. The van der Waals surface area contributed by atoms with E-state index in [1.54, 1.807) is 55.6 Å². The maximum absolute atomic E-state index is 13.4. The summed E-state index contributed by atoms with van der Waals surface area (Å²) in [6.07, 6.45) is 0. The van der Waals surface area contributed by atoms with Crippen molar-refractivity contribution in [2.75, 3.05) is 17.7 Å². The second kappa shape index (κ2) is 9.40. The minimum Gasteiger partial charge on any atom is -0.497 e. The molecular weight excluding hydrogens is 418 g/mol. The quantitative estimate of drug-likeness (QED) is 0.540. The van der Waals surface area contributed by atoms with Gasteiger partial charge in [0.25, 0.3) is 11.8 Å². The number of nitrogens with one attached hydrogen (secondary N) is 2. The van der Waals surface area contributed by atoms with E-state index >= 15 is 0 Å². The van der Waals surface area contributed by atoms with E-state index in [0.29, 0.717) is 22.7 Å². The van der Waals surface area contributed by atoms with Gasteiger partial charge in [0.15, 0.2) is 0 Å². The van der Waals surface area contributed by atoms with Crippen molar-refractivity contribution in [1.29, 1.82) is 0 Å². The summed E-state index contributed by atoms with van der Waals surface area (Å²) in [5.74, 6) is -0.364. The smallest absolute Gasteiger partial charge is 0.278 e. The Labute approximate surface area is 191 Å². The third-order valence-corrected chi connectivity index (χ3v) is 5.18. The van der Waals surface area contributed by atoms with Gasteiger partial charge in [-0.3, -0.25) is 19.3 Å². The summed E-state index contributed by atoms with van der Waals surface area (Å²) in [7, 11) is 1.56. The minimum atomic E-state index is -0.410. The number of carbonyl (C=O) groups excluding carboxylic acids is 3. The number of hydrogen-bond donors (Lipinski definition) is 2. The van der Waals surface area contributed by atoms with Crippen LogP contribution in [0.15, 0.2) is 84.6 Å². The fraction of sp³-hybridized carbons (Fsp3) is 0.115. The lowest BCUT2D eigenvalue weighted by Gasteiger charge is -2.15. The van der Waals surface area contributed by atoms with Crippen molar-refractivity contribution >= 4 is 34.7 Å². The average Bonchev–Trinajstić information content (AvgIpc) is 3.04. The second-order valence-electron chi connectivity index (χ2n) is 7.55. The first-order valence-corrected chi connectivity index (χ1v) is 10.4. The fourth-order valence-corrected chi connectivity index (χ4v) is 3.64. The number of carbonyl (C=O) groups is 3. The molecule has 0 aromatic heterocycles. The van der Waals surface area contributed by atoms with Crippen LogP contribution in [-0.4, -0.2) is 29.7 Å². The number of ether oxygens (including phenoxy) is 1. The molecule has 33 heavy (non-hydrogen) atoms. The lowest BCUT2D eigenvalue weighted by Crippen LogP contribution is -2.31. The predicted octanol–water partition coefficient (Wildman–Crippen LogP) is 4.05. The van der Waals surface area contributed by atoms with Gasteiger partial charge in [-0.1, -0.05) is 48.5 Å². The molecule has 166 valence electrons. The zero-order valence-corrected chi connectivity index (χ0v) is 18.3. The molecule has 1 aliphatic heterocycles. The number of methoxy groups -OCH3 is 1. The molecule has 3 amide bonds. The lowest BCUT2D eigenvalue weighted by molar-refractivity contribution is -0.137. The average molecular weight is 441 g/mol. The van der Waals surface area contributed by atoms with Crippen LogP contribution in [0.3, 0.4) is 0 Å². The Kier molecular flexibility index (Phi) is 6.22. The molecule has 4 rings (SSSR count). The standard InChI is InChI=1S/C26H23N3O4/c1-17(30)27-20-13-11-19(12-14-20)23-24(28-21-9-6-10-22(15-21)33-2)26(32)29(25(23)31)16-18-7-4-3-5-8-18/h3-15,28H,16H2,1-2H3,(H,27,30). The van der Waals surface area contributed by atoms with Crippen molar-refractivity contribution in [2.24, 2.45) is 0 Å². The van der Waals surface area contributed by atoms with Crippen molar-refractivity contribution < 1.29 is 19.1 Å². The third-order valence-electron chi connectivity index (χ3n) is 5.18. The highest BCUT2D eigenvalue weighted by atomic mass is 16.5. The number of benzene rings is 3. The topological polar surface area (TPSA) is 87.7 Å². The molecular formula is C26H23N3O4. The SMILES string of the molecule is COc1cccc(NC2=C(c3ccc(NC(C)=O)cc3)C(=O)N(Cc3ccccc3)C2=O)c1. The first-order chi connectivity index (χ1) is 16.0. The third kappa shape index (κ3) is 4.77. The van der Waals surface area contributed by atoms with Crippen LogP contribution < -0.4 is 15.4 Å². The number of imide groups is 1. The highest BCUT2D eigenvalue weighted by molar-refractivity contribution is 6.36. The molecule has 0 saturated carbocycles. The first kappa shape index (κ1) is 21.8. The van der Waals surface area contributed by atoms with Crippen molar-refractivity contribution in [3.8, 4) is 5.75 Å². The van der Waals surface area contributed by atoms with Crippen LogP contribution >= 0.6 is 0 Å². The molecule has 2 N–H and O–H groups in total. The Morgan fingerprint density at radius 2 is 1.61 bits per heavy atom. The van der Waals surface area contributed by atoms with E-state index < -0.39 is 5.91 Å². The van der Waals surface area contributed by atoms with Crippen LogP contribution in [0.25, 0.3) is 5.57 Å². The summed E-state index contributed by atoms with van der Waals surface area (Å²) in [5.41, 5.74) is 3.11. The van der Waals surface area contributed by atoms with E-state index in [-0.39, 0.29) is 29.6 Å². The monoisotopic (exact) mass is 441 g/mol. The van der Waals surface area contributed by atoms with E-state index in [4.69, 9.17) is 4.74 Å². The van der Waals surface area contributed by atoms with Crippen LogP contribution in [0.2, 0.25) is 0 Å². The molecule has 0 saturated heterocycles. The summed E-state index contributed by atoms with van der Waals surface area (Å²) in [6, 6.07) is 23.3. The van der Waals surface area contributed by atoms with E-state index in [2.05, 4.69) is 10.6 Å². The van der Waals surface area contributed by atoms with Crippen molar-refractivity contribution in [3.05, 3.63) is 95.7 Å². The first-order valence-electron chi connectivity index (χ1n) is 10.4. The van der Waals surface area contributed by atoms with E-state index in [1.807, 2.05) is 30.3 Å². The Morgan fingerprint density at radius 1 is 0.879 bits per heavy atom. The Bertz CT molecular complexity index is 1230. The maximum Gasteiger partial charge on any atom is 0.278 e. The molecule has 0 aliphatic carbocycles. The van der Waals surface area contributed by atoms with Crippen molar-refractivity contribution in [3.63, 3.8) is 0 Å². The van der Waals surface area contributed by atoms with Gasteiger partial charge in [-0.05, 0) is 35.4 Å². The van der Waals surface area contributed by atoms with Gasteiger partial charge in [-0.2, -0.15) is 0 Å². The summed E-state index contributed by atoms with van der Waals surface area (Å²) in [4.78, 5) is 39.4. The molecule has 7 heteroatoms. The molecule has 0 fully saturated rings. The van der Waals surface area contributed by atoms with Gasteiger partial charge < -0.3 is 15.4 Å². The molecule has 3 aromatic rings. The van der Waals surface area contributed by atoms with Crippen molar-refractivity contribution in [2.45, 2.75) is 13.5 Å². The van der Waals surface area contributed by atoms with Gasteiger partial charge in [0.2, 0.25) is 5.91 Å². The highest BCUT2D eigenvalue weighted by Crippen LogP contribution is 2.32. The molecule has 0 spiro atoms. The maximum atomic E-state index is 13.4. The molecule has 3 aromatic carbocycles. The van der Waals surface area contributed by atoms with Gasteiger partial charge in [-0.15, -0.1) is 0 Å². The molecule has 0 atom stereocenters. The summed E-state index contributed by atoms with van der Waals surface area (Å²) < 4.78 is 5.27. The van der Waals surface area contributed by atoms with Gasteiger partial charge in [-0.25, -0.2) is 0 Å². The summed E-state index contributed by atoms with van der Waals surface area (Å²) >= 11 is 0. The van der Waals surface area contributed by atoms with Gasteiger partial charge >= 0.3 is 0 Å². The van der Waals surface area contributed by atoms with Crippen LogP contribution in [0, 0.1) is 0 Å². The number of rotatable bonds is 7. The molecule has 7 nitrogen and oxygen atoms in total. The van der Waals surface area contributed by atoms with Crippen LogP contribution in [0.4, 0.5) is 11.4 Å². The van der Waals surface area contributed by atoms with Crippen molar-refractivity contribution in [1.82, 2.24) is 4.90 Å². The second-order valence-corrected chi connectivity index (χ2v) is 7.55. The molecule has 1 heterocycles. The Balaban J connectivity index is 1.72. The van der Waals surface area contributed by atoms with E-state index in [9.17, 15) is 14.4 Å². The zero-order valence-electron chi connectivity index (χ0n) is 18.3. The number of amides is 3. The van der Waals surface area contributed by atoms with Gasteiger partial charge in [0.1, 0.15) is 11.4 Å². The van der Waals surface area contributed by atoms with Crippen LogP contribution in [0.1, 0.15) is 18.1 Å². The predicted molar refractivity (Wildman–Crippen MR) is 126 cm³/mol. The Hall–Kier alpha value is -4.39. The number of hydrogen-bond acceptors (Lipinski definition) is 5.